The Morgan fingerprint density at radius 2 is 2.16 bits per heavy atom. The van der Waals surface area contributed by atoms with Gasteiger partial charge in [-0.1, -0.05) is 18.2 Å². The number of para-hydroxylation sites is 1. The quantitative estimate of drug-likeness (QED) is 0.492. The van der Waals surface area contributed by atoms with Crippen molar-refractivity contribution < 1.29 is 18.3 Å². The Morgan fingerprint density at radius 1 is 1.32 bits per heavy atom. The van der Waals surface area contributed by atoms with E-state index in [2.05, 4.69) is 37.2 Å². The van der Waals surface area contributed by atoms with Gasteiger partial charge in [-0.25, -0.2) is 9.98 Å². The molecule has 168 valence electrons. The topological polar surface area (TPSA) is 71.0 Å². The maximum atomic E-state index is 12.6. The van der Waals surface area contributed by atoms with E-state index in [1.807, 2.05) is 19.1 Å². The van der Waals surface area contributed by atoms with Crippen molar-refractivity contribution in [1.29, 1.82) is 0 Å². The number of alkyl halides is 2. The molecule has 1 fully saturated rings. The van der Waals surface area contributed by atoms with Crippen LogP contribution in [0.1, 0.15) is 25.0 Å². The number of hydrogen-bond acceptors (Lipinski definition) is 5. The molecule has 0 aliphatic carbocycles. The van der Waals surface area contributed by atoms with E-state index in [4.69, 9.17) is 4.74 Å². The summed E-state index contributed by atoms with van der Waals surface area (Å²) in [6.07, 6.45) is 1.97. The van der Waals surface area contributed by atoms with Crippen molar-refractivity contribution in [3.8, 4) is 5.75 Å². The minimum absolute atomic E-state index is 0.152. The molecule has 1 aliphatic rings. The fourth-order valence-electron chi connectivity index (χ4n) is 3.31. The van der Waals surface area contributed by atoms with Crippen molar-refractivity contribution in [2.24, 2.45) is 4.99 Å². The molecule has 2 N–H and O–H groups in total. The third kappa shape index (κ3) is 7.06. The number of anilines is 1. The number of morpholine rings is 1. The summed E-state index contributed by atoms with van der Waals surface area (Å²) in [7, 11) is 0. The first-order valence-corrected chi connectivity index (χ1v) is 10.4. The molecule has 0 bridgehead atoms. The number of nitrogens with one attached hydrogen (secondary N) is 2. The lowest BCUT2D eigenvalue weighted by Crippen LogP contribution is -2.41. The van der Waals surface area contributed by atoms with Gasteiger partial charge in [0.25, 0.3) is 0 Å². The van der Waals surface area contributed by atoms with Crippen molar-refractivity contribution in [3.05, 3.63) is 53.7 Å². The van der Waals surface area contributed by atoms with Gasteiger partial charge in [-0.05, 0) is 37.6 Å². The molecular weight excluding hydrogens is 404 g/mol. The molecule has 0 amide bonds. The van der Waals surface area contributed by atoms with Gasteiger partial charge < -0.3 is 25.0 Å². The molecule has 1 aromatic heterocycles. The summed E-state index contributed by atoms with van der Waals surface area (Å²) < 4.78 is 35.4. The van der Waals surface area contributed by atoms with Crippen LogP contribution in [0.3, 0.4) is 0 Å². The molecule has 2 aromatic rings. The second-order valence-electron chi connectivity index (χ2n) is 7.18. The van der Waals surface area contributed by atoms with Crippen molar-refractivity contribution in [3.63, 3.8) is 0 Å². The average molecular weight is 434 g/mol. The maximum absolute atomic E-state index is 12.6. The third-order valence-corrected chi connectivity index (χ3v) is 4.77. The number of nitrogens with zero attached hydrogens (tertiary/aromatic N) is 3. The van der Waals surface area contributed by atoms with Gasteiger partial charge in [-0.15, -0.1) is 0 Å². The molecule has 31 heavy (non-hydrogen) atoms. The second-order valence-corrected chi connectivity index (χ2v) is 7.18. The number of rotatable bonds is 8. The van der Waals surface area contributed by atoms with Crippen LogP contribution in [-0.4, -0.2) is 49.9 Å². The Balaban J connectivity index is 1.64. The zero-order chi connectivity index (χ0) is 22.1. The Morgan fingerprint density at radius 3 is 2.94 bits per heavy atom. The molecular formula is C22H29F2N5O2. The minimum Gasteiger partial charge on any atom is -0.434 e. The van der Waals surface area contributed by atoms with Gasteiger partial charge in [0.15, 0.2) is 5.96 Å². The van der Waals surface area contributed by atoms with Crippen molar-refractivity contribution in [2.45, 2.75) is 39.7 Å². The first-order valence-electron chi connectivity index (χ1n) is 10.4. The molecule has 1 aromatic carbocycles. The van der Waals surface area contributed by atoms with E-state index in [0.29, 0.717) is 37.8 Å². The largest absolute Gasteiger partial charge is 0.434 e. The van der Waals surface area contributed by atoms with E-state index in [0.717, 1.165) is 24.5 Å². The lowest BCUT2D eigenvalue weighted by Gasteiger charge is -2.32. The summed E-state index contributed by atoms with van der Waals surface area (Å²) in [5.74, 6) is 1.66. The number of ether oxygens (including phenoxy) is 2. The Hall–Kier alpha value is -2.94. The number of benzene rings is 1. The minimum atomic E-state index is -2.86. The monoisotopic (exact) mass is 433 g/mol. The summed E-state index contributed by atoms with van der Waals surface area (Å²) >= 11 is 0. The lowest BCUT2D eigenvalue weighted by atomic mass is 10.2. The van der Waals surface area contributed by atoms with E-state index >= 15 is 0 Å². The highest BCUT2D eigenvalue weighted by Crippen LogP contribution is 2.20. The van der Waals surface area contributed by atoms with Crippen molar-refractivity contribution >= 4 is 11.8 Å². The van der Waals surface area contributed by atoms with Gasteiger partial charge in [0, 0.05) is 37.9 Å². The van der Waals surface area contributed by atoms with Crippen LogP contribution in [-0.2, 0) is 17.8 Å². The Bertz CT molecular complexity index is 865. The molecule has 9 heteroatoms. The number of pyridine rings is 1. The Kier molecular flexibility index (Phi) is 8.40. The van der Waals surface area contributed by atoms with Crippen molar-refractivity contribution in [2.75, 3.05) is 31.1 Å². The van der Waals surface area contributed by atoms with E-state index in [-0.39, 0.29) is 11.9 Å². The van der Waals surface area contributed by atoms with Crippen LogP contribution in [0.5, 0.6) is 5.75 Å². The van der Waals surface area contributed by atoms with Crippen molar-refractivity contribution in [1.82, 2.24) is 15.6 Å². The standard InChI is InChI=1S/C22H29F2N5O2/c1-3-25-22(28-14-18-6-4-5-7-19(18)31-21(23)24)27-13-17-8-9-26-20(12-17)29-10-11-30-16(2)15-29/h4-9,12,16,21H,3,10-11,13-15H2,1-2H3,(H2,25,27,28). The summed E-state index contributed by atoms with van der Waals surface area (Å²) in [4.78, 5) is 11.3. The summed E-state index contributed by atoms with van der Waals surface area (Å²) in [6, 6.07) is 10.7. The lowest BCUT2D eigenvalue weighted by molar-refractivity contribution is -0.0504. The molecule has 1 atom stereocenters. The van der Waals surface area contributed by atoms with Crippen LogP contribution < -0.4 is 20.3 Å². The predicted molar refractivity (Wildman–Crippen MR) is 117 cm³/mol. The number of hydrogen-bond donors (Lipinski definition) is 2. The molecule has 1 aliphatic heterocycles. The molecule has 7 nitrogen and oxygen atoms in total. The Labute approximate surface area is 181 Å². The van der Waals surface area contributed by atoms with Gasteiger partial charge in [-0.3, -0.25) is 0 Å². The van der Waals surface area contributed by atoms with Crippen LogP contribution in [0, 0.1) is 0 Å². The summed E-state index contributed by atoms with van der Waals surface area (Å²) in [6.45, 7) is 4.91. The fourth-order valence-corrected chi connectivity index (χ4v) is 3.31. The maximum Gasteiger partial charge on any atom is 0.387 e. The second kappa shape index (κ2) is 11.5. The van der Waals surface area contributed by atoms with Crippen LogP contribution in [0.25, 0.3) is 0 Å². The number of aromatic nitrogens is 1. The van der Waals surface area contributed by atoms with E-state index < -0.39 is 6.61 Å². The van der Waals surface area contributed by atoms with Gasteiger partial charge >= 0.3 is 6.61 Å². The third-order valence-electron chi connectivity index (χ3n) is 4.77. The van der Waals surface area contributed by atoms with Crippen LogP contribution in [0.15, 0.2) is 47.6 Å². The zero-order valence-electron chi connectivity index (χ0n) is 17.9. The van der Waals surface area contributed by atoms with Crippen LogP contribution >= 0.6 is 0 Å². The summed E-state index contributed by atoms with van der Waals surface area (Å²) in [5, 5.41) is 6.35. The van der Waals surface area contributed by atoms with Gasteiger partial charge in [0.2, 0.25) is 0 Å². The first kappa shape index (κ1) is 22.7. The molecule has 0 saturated carbocycles. The van der Waals surface area contributed by atoms with Crippen LogP contribution in [0.2, 0.25) is 0 Å². The van der Waals surface area contributed by atoms with E-state index in [1.54, 1.807) is 24.4 Å². The van der Waals surface area contributed by atoms with Gasteiger partial charge in [-0.2, -0.15) is 8.78 Å². The zero-order valence-corrected chi connectivity index (χ0v) is 17.9. The SMILES string of the molecule is CCNC(=NCc1ccnc(N2CCOC(C)C2)c1)NCc1ccccc1OC(F)F. The average Bonchev–Trinajstić information content (AvgIpc) is 2.76. The summed E-state index contributed by atoms with van der Waals surface area (Å²) in [5.41, 5.74) is 1.66. The van der Waals surface area contributed by atoms with E-state index in [9.17, 15) is 8.78 Å². The normalized spacial score (nSPS) is 17.0. The fraction of sp³-hybridized carbons (Fsp3) is 0.455. The number of aliphatic imine (C=N–C) groups is 1. The van der Waals surface area contributed by atoms with E-state index in [1.165, 1.54) is 6.07 Å². The molecule has 1 saturated heterocycles. The van der Waals surface area contributed by atoms with Gasteiger partial charge in [0.05, 0.1) is 19.3 Å². The predicted octanol–water partition coefficient (Wildman–Crippen LogP) is 3.16. The first-order chi connectivity index (χ1) is 15.0. The molecule has 1 unspecified atom stereocenters. The molecule has 0 radical (unpaired) electrons. The molecule has 2 heterocycles. The number of halogens is 2. The number of guanidine groups is 1. The highest BCUT2D eigenvalue weighted by atomic mass is 19.3. The molecule has 3 rings (SSSR count). The highest BCUT2D eigenvalue weighted by molar-refractivity contribution is 5.79. The van der Waals surface area contributed by atoms with Gasteiger partial charge in [0.1, 0.15) is 11.6 Å². The smallest absolute Gasteiger partial charge is 0.387 e. The highest BCUT2D eigenvalue weighted by Gasteiger charge is 2.18. The van der Waals surface area contributed by atoms with Crippen LogP contribution in [0.4, 0.5) is 14.6 Å². The molecule has 0 spiro atoms.